The van der Waals surface area contributed by atoms with Crippen LogP contribution in [0, 0.1) is 0 Å². The fourth-order valence-electron chi connectivity index (χ4n) is 4.09. The highest BCUT2D eigenvalue weighted by atomic mass is 16.5. The number of carboxylic acids is 1. The lowest BCUT2D eigenvalue weighted by molar-refractivity contribution is -0.149. The average Bonchev–Trinajstić information content (AvgIpc) is 3.33. The minimum atomic E-state index is -0.952. The molecule has 2 atom stereocenters. The van der Waals surface area contributed by atoms with Crippen LogP contribution in [0.25, 0.3) is 10.9 Å². The minimum absolute atomic E-state index is 0.139. The number of carbonyl (C=O) groups excluding carboxylic acids is 1. The van der Waals surface area contributed by atoms with Crippen LogP contribution in [0.2, 0.25) is 0 Å². The predicted molar refractivity (Wildman–Crippen MR) is 105 cm³/mol. The molecule has 1 aromatic heterocycles. The number of aromatic amines is 1. The number of ether oxygens (including phenoxy) is 1. The van der Waals surface area contributed by atoms with Crippen LogP contribution in [0.5, 0.6) is 5.75 Å². The van der Waals surface area contributed by atoms with E-state index in [0.29, 0.717) is 18.6 Å². The van der Waals surface area contributed by atoms with Gasteiger partial charge in [-0.05, 0) is 42.2 Å². The Kier molecular flexibility index (Phi) is 4.77. The second kappa shape index (κ2) is 7.38. The monoisotopic (exact) mass is 378 g/mol. The van der Waals surface area contributed by atoms with E-state index >= 15 is 0 Å². The van der Waals surface area contributed by atoms with Gasteiger partial charge >= 0.3 is 5.97 Å². The molecule has 0 aliphatic carbocycles. The maximum atomic E-state index is 13.2. The van der Waals surface area contributed by atoms with Crippen molar-refractivity contribution >= 4 is 22.8 Å². The third-order valence-corrected chi connectivity index (χ3v) is 5.46. The molecule has 1 aliphatic heterocycles. The smallest absolute Gasteiger partial charge is 0.326 e. The zero-order valence-corrected chi connectivity index (χ0v) is 15.6. The molecule has 2 heterocycles. The number of likely N-dealkylation sites (tertiary alicyclic amines) is 1. The third kappa shape index (κ3) is 3.22. The van der Waals surface area contributed by atoms with Gasteiger partial charge in [-0.2, -0.15) is 0 Å². The summed E-state index contributed by atoms with van der Waals surface area (Å²) in [6.45, 7) is 0. The fraction of sp³-hybridized carbons (Fsp3) is 0.273. The molecule has 1 fully saturated rings. The Labute approximate surface area is 162 Å². The molecular formula is C22H22N2O4. The molecule has 0 bridgehead atoms. The van der Waals surface area contributed by atoms with E-state index < -0.39 is 12.0 Å². The van der Waals surface area contributed by atoms with Crippen molar-refractivity contribution in [3.8, 4) is 5.75 Å². The van der Waals surface area contributed by atoms with E-state index in [1.807, 2.05) is 54.7 Å². The standard InChI is InChI=1S/C22H22N2O4/c1-28-16-7-8-18-17(12-16)15(13-23-18)11-21(25)24-19(9-10-20(24)22(26)27)14-5-3-2-4-6-14/h2-8,12-13,19-20,23H,9-11H2,1H3,(H,26,27)/t19-,20+/m0/s1. The van der Waals surface area contributed by atoms with Gasteiger partial charge in [0.1, 0.15) is 11.8 Å². The number of carboxylic acid groups (broad SMARTS) is 1. The molecule has 0 saturated carbocycles. The molecule has 1 saturated heterocycles. The summed E-state index contributed by atoms with van der Waals surface area (Å²) in [7, 11) is 1.60. The first-order valence-electron chi connectivity index (χ1n) is 9.31. The van der Waals surface area contributed by atoms with Crippen LogP contribution < -0.4 is 4.74 Å². The Balaban J connectivity index is 1.65. The first-order valence-corrected chi connectivity index (χ1v) is 9.31. The lowest BCUT2D eigenvalue weighted by Crippen LogP contribution is -2.42. The molecule has 6 heteroatoms. The van der Waals surface area contributed by atoms with Crippen LogP contribution in [-0.4, -0.2) is 40.0 Å². The summed E-state index contributed by atoms with van der Waals surface area (Å²) in [5, 5.41) is 10.6. The second-order valence-electron chi connectivity index (χ2n) is 7.06. The van der Waals surface area contributed by atoms with Gasteiger partial charge < -0.3 is 19.7 Å². The zero-order valence-electron chi connectivity index (χ0n) is 15.6. The number of rotatable bonds is 5. The second-order valence-corrected chi connectivity index (χ2v) is 7.06. The van der Waals surface area contributed by atoms with E-state index in [2.05, 4.69) is 4.98 Å². The molecule has 1 aliphatic rings. The highest BCUT2D eigenvalue weighted by Gasteiger charge is 2.41. The Morgan fingerprint density at radius 1 is 1.18 bits per heavy atom. The number of fused-ring (bicyclic) bond motifs is 1. The van der Waals surface area contributed by atoms with Gasteiger partial charge in [-0.15, -0.1) is 0 Å². The van der Waals surface area contributed by atoms with Crippen molar-refractivity contribution in [3.05, 3.63) is 65.9 Å². The summed E-state index contributed by atoms with van der Waals surface area (Å²) >= 11 is 0. The van der Waals surface area contributed by atoms with Crippen molar-refractivity contribution in [1.29, 1.82) is 0 Å². The number of aromatic nitrogens is 1. The van der Waals surface area contributed by atoms with Gasteiger partial charge in [-0.25, -0.2) is 4.79 Å². The summed E-state index contributed by atoms with van der Waals surface area (Å²) in [6.07, 6.45) is 3.06. The van der Waals surface area contributed by atoms with Crippen LogP contribution in [0.4, 0.5) is 0 Å². The van der Waals surface area contributed by atoms with Gasteiger partial charge in [0.2, 0.25) is 5.91 Å². The molecule has 144 valence electrons. The van der Waals surface area contributed by atoms with E-state index in [0.717, 1.165) is 22.0 Å². The fourth-order valence-corrected chi connectivity index (χ4v) is 4.09. The van der Waals surface area contributed by atoms with Crippen molar-refractivity contribution < 1.29 is 19.4 Å². The Bertz CT molecular complexity index is 1010. The number of carbonyl (C=O) groups is 2. The number of H-pyrrole nitrogens is 1. The van der Waals surface area contributed by atoms with Gasteiger partial charge in [0, 0.05) is 17.1 Å². The maximum Gasteiger partial charge on any atom is 0.326 e. The van der Waals surface area contributed by atoms with E-state index in [1.54, 1.807) is 12.0 Å². The van der Waals surface area contributed by atoms with E-state index in [9.17, 15) is 14.7 Å². The van der Waals surface area contributed by atoms with Crippen LogP contribution in [-0.2, 0) is 16.0 Å². The summed E-state index contributed by atoms with van der Waals surface area (Å²) in [6, 6.07) is 14.3. The van der Waals surface area contributed by atoms with Gasteiger partial charge in [0.15, 0.2) is 0 Å². The molecular weight excluding hydrogens is 356 g/mol. The van der Waals surface area contributed by atoms with Crippen LogP contribution in [0.1, 0.15) is 30.0 Å². The van der Waals surface area contributed by atoms with Gasteiger partial charge in [-0.3, -0.25) is 4.79 Å². The van der Waals surface area contributed by atoms with Crippen LogP contribution >= 0.6 is 0 Å². The van der Waals surface area contributed by atoms with E-state index in [-0.39, 0.29) is 18.4 Å². The third-order valence-electron chi connectivity index (χ3n) is 5.46. The number of hydrogen-bond acceptors (Lipinski definition) is 3. The summed E-state index contributed by atoms with van der Waals surface area (Å²) in [5.74, 6) is -0.414. The van der Waals surface area contributed by atoms with Crippen molar-refractivity contribution in [2.75, 3.05) is 7.11 Å². The normalized spacial score (nSPS) is 19.1. The molecule has 4 rings (SSSR count). The lowest BCUT2D eigenvalue weighted by atomic mass is 10.0. The molecule has 3 aromatic rings. The molecule has 2 aromatic carbocycles. The van der Waals surface area contributed by atoms with E-state index in [1.165, 1.54) is 0 Å². The number of aliphatic carboxylic acids is 1. The lowest BCUT2D eigenvalue weighted by Gasteiger charge is -2.28. The maximum absolute atomic E-state index is 13.2. The van der Waals surface area contributed by atoms with Crippen LogP contribution in [0.3, 0.4) is 0 Å². The van der Waals surface area contributed by atoms with Crippen molar-refractivity contribution in [2.24, 2.45) is 0 Å². The molecule has 1 amide bonds. The molecule has 0 unspecified atom stereocenters. The van der Waals surface area contributed by atoms with E-state index in [4.69, 9.17) is 4.74 Å². The highest BCUT2D eigenvalue weighted by Crippen LogP contribution is 2.37. The predicted octanol–water partition coefficient (Wildman–Crippen LogP) is 3.54. The Morgan fingerprint density at radius 2 is 1.96 bits per heavy atom. The number of nitrogens with one attached hydrogen (secondary N) is 1. The number of amides is 1. The average molecular weight is 378 g/mol. The number of methoxy groups -OCH3 is 1. The highest BCUT2D eigenvalue weighted by molar-refractivity contribution is 5.91. The molecule has 0 spiro atoms. The molecule has 6 nitrogen and oxygen atoms in total. The molecule has 28 heavy (non-hydrogen) atoms. The van der Waals surface area contributed by atoms with Gasteiger partial charge in [-0.1, -0.05) is 30.3 Å². The van der Waals surface area contributed by atoms with Crippen molar-refractivity contribution in [2.45, 2.75) is 31.3 Å². The Morgan fingerprint density at radius 3 is 2.68 bits per heavy atom. The quantitative estimate of drug-likeness (QED) is 0.711. The largest absolute Gasteiger partial charge is 0.497 e. The molecule has 2 N–H and O–H groups in total. The SMILES string of the molecule is COc1ccc2[nH]cc(CC(=O)N3[C@@H](C(=O)O)CC[C@H]3c3ccccc3)c2c1. The number of hydrogen-bond donors (Lipinski definition) is 2. The zero-order chi connectivity index (χ0) is 19.7. The summed E-state index contributed by atoms with van der Waals surface area (Å²) in [4.78, 5) is 29.7. The molecule has 0 radical (unpaired) electrons. The summed E-state index contributed by atoms with van der Waals surface area (Å²) in [5.41, 5.74) is 2.72. The number of benzene rings is 2. The van der Waals surface area contributed by atoms with Gasteiger partial charge in [0.05, 0.1) is 19.6 Å². The first-order chi connectivity index (χ1) is 13.6. The summed E-state index contributed by atoms with van der Waals surface area (Å²) < 4.78 is 5.29. The topological polar surface area (TPSA) is 82.6 Å². The van der Waals surface area contributed by atoms with Crippen LogP contribution in [0.15, 0.2) is 54.7 Å². The van der Waals surface area contributed by atoms with Gasteiger partial charge in [0.25, 0.3) is 0 Å². The Hall–Kier alpha value is -3.28. The first kappa shape index (κ1) is 18.1. The minimum Gasteiger partial charge on any atom is -0.497 e. The number of nitrogens with zero attached hydrogens (tertiary/aromatic N) is 1. The van der Waals surface area contributed by atoms with Crippen molar-refractivity contribution in [1.82, 2.24) is 9.88 Å². The van der Waals surface area contributed by atoms with Crippen molar-refractivity contribution in [3.63, 3.8) is 0 Å².